The summed E-state index contributed by atoms with van der Waals surface area (Å²) in [5, 5.41) is 3.51. The third-order valence-corrected chi connectivity index (χ3v) is 4.36. The van der Waals surface area contributed by atoms with E-state index in [2.05, 4.69) is 19.2 Å². The maximum Gasteiger partial charge on any atom is 0.123 e. The fraction of sp³-hybridized carbons (Fsp3) is 0.647. The smallest absolute Gasteiger partial charge is 0.123 e. The zero-order valence-corrected chi connectivity index (χ0v) is 13.6. The van der Waals surface area contributed by atoms with E-state index in [0.717, 1.165) is 25.1 Å². The van der Waals surface area contributed by atoms with Crippen LogP contribution in [0.3, 0.4) is 0 Å². The van der Waals surface area contributed by atoms with Crippen molar-refractivity contribution in [3.63, 3.8) is 0 Å². The van der Waals surface area contributed by atoms with Crippen molar-refractivity contribution < 1.29 is 4.39 Å². The van der Waals surface area contributed by atoms with Crippen molar-refractivity contribution in [1.82, 2.24) is 5.32 Å². The molecule has 1 rings (SSSR count). The van der Waals surface area contributed by atoms with Crippen molar-refractivity contribution in [2.75, 3.05) is 24.6 Å². The van der Waals surface area contributed by atoms with Gasteiger partial charge in [-0.25, -0.2) is 4.39 Å². The number of hydrogen-bond donors (Lipinski definition) is 1. The van der Waals surface area contributed by atoms with E-state index in [0.29, 0.717) is 5.92 Å². The number of nitrogens with one attached hydrogen (secondary N) is 1. The molecule has 0 saturated heterocycles. The molecular weight excluding hydrogens is 269 g/mol. The van der Waals surface area contributed by atoms with E-state index in [4.69, 9.17) is 0 Å². The van der Waals surface area contributed by atoms with Gasteiger partial charge in [0.25, 0.3) is 0 Å². The summed E-state index contributed by atoms with van der Waals surface area (Å²) in [4.78, 5) is 0. The summed E-state index contributed by atoms with van der Waals surface area (Å²) in [7, 11) is 0. The summed E-state index contributed by atoms with van der Waals surface area (Å²) in [5.74, 6) is 2.93. The topological polar surface area (TPSA) is 12.0 Å². The van der Waals surface area contributed by atoms with Gasteiger partial charge in [0.05, 0.1) is 0 Å². The van der Waals surface area contributed by atoms with Crippen LogP contribution in [0.15, 0.2) is 24.3 Å². The average molecular weight is 297 g/mol. The molecule has 114 valence electrons. The molecular formula is C17H28FNS. The molecule has 0 aliphatic rings. The summed E-state index contributed by atoms with van der Waals surface area (Å²) in [6.45, 7) is 6.51. The summed E-state index contributed by atoms with van der Waals surface area (Å²) >= 11 is 2.01. The monoisotopic (exact) mass is 297 g/mol. The van der Waals surface area contributed by atoms with Crippen molar-refractivity contribution in [3.05, 3.63) is 35.6 Å². The van der Waals surface area contributed by atoms with E-state index in [-0.39, 0.29) is 5.82 Å². The molecule has 1 aromatic rings. The highest BCUT2D eigenvalue weighted by molar-refractivity contribution is 7.99. The van der Waals surface area contributed by atoms with Gasteiger partial charge < -0.3 is 5.32 Å². The largest absolute Gasteiger partial charge is 0.316 e. The summed E-state index contributed by atoms with van der Waals surface area (Å²) in [6.07, 6.45) is 4.62. The maximum absolute atomic E-state index is 13.3. The van der Waals surface area contributed by atoms with Crippen molar-refractivity contribution >= 4 is 11.8 Å². The van der Waals surface area contributed by atoms with Crippen LogP contribution in [-0.4, -0.2) is 24.6 Å². The molecule has 0 aliphatic carbocycles. The first kappa shape index (κ1) is 17.5. The Kier molecular flexibility index (Phi) is 9.77. The zero-order valence-electron chi connectivity index (χ0n) is 12.8. The van der Waals surface area contributed by atoms with Crippen LogP contribution in [0.5, 0.6) is 0 Å². The molecule has 0 saturated carbocycles. The molecule has 0 radical (unpaired) electrons. The standard InChI is InChI=1S/C17H28FNS/c1-3-10-19-14-16(8-6-11-20-4-2)12-15-7-5-9-17(18)13-15/h5,7,9,13,16,19H,3-4,6,8,10-12,14H2,1-2H3. The fourth-order valence-electron chi connectivity index (χ4n) is 2.37. The predicted octanol–water partition coefficient (Wildman–Crippen LogP) is 4.52. The van der Waals surface area contributed by atoms with Crippen molar-refractivity contribution in [2.24, 2.45) is 5.92 Å². The molecule has 1 unspecified atom stereocenters. The number of benzene rings is 1. The molecule has 0 aliphatic heterocycles. The van der Waals surface area contributed by atoms with E-state index < -0.39 is 0 Å². The lowest BCUT2D eigenvalue weighted by molar-refractivity contribution is 0.439. The quantitative estimate of drug-likeness (QED) is 0.603. The molecule has 1 nitrogen and oxygen atoms in total. The van der Waals surface area contributed by atoms with Crippen LogP contribution in [0.1, 0.15) is 38.7 Å². The first-order valence-electron chi connectivity index (χ1n) is 7.79. The van der Waals surface area contributed by atoms with Crippen LogP contribution < -0.4 is 5.32 Å². The van der Waals surface area contributed by atoms with E-state index in [1.807, 2.05) is 23.9 Å². The second-order valence-corrected chi connectivity index (χ2v) is 6.64. The third kappa shape index (κ3) is 7.91. The minimum Gasteiger partial charge on any atom is -0.316 e. The molecule has 0 spiro atoms. The summed E-state index contributed by atoms with van der Waals surface area (Å²) < 4.78 is 13.3. The number of rotatable bonds is 11. The molecule has 1 aromatic carbocycles. The summed E-state index contributed by atoms with van der Waals surface area (Å²) in [5.41, 5.74) is 1.12. The van der Waals surface area contributed by atoms with Gasteiger partial charge in [-0.3, -0.25) is 0 Å². The number of hydrogen-bond acceptors (Lipinski definition) is 2. The Labute approximate surface area is 127 Å². The zero-order chi connectivity index (χ0) is 14.6. The summed E-state index contributed by atoms with van der Waals surface area (Å²) in [6, 6.07) is 7.05. The van der Waals surface area contributed by atoms with E-state index in [1.165, 1.54) is 36.8 Å². The van der Waals surface area contributed by atoms with Crippen LogP contribution in [0, 0.1) is 11.7 Å². The highest BCUT2D eigenvalue weighted by Crippen LogP contribution is 2.16. The lowest BCUT2D eigenvalue weighted by Crippen LogP contribution is -2.25. The predicted molar refractivity (Wildman–Crippen MR) is 89.0 cm³/mol. The number of thioether (sulfide) groups is 1. The van der Waals surface area contributed by atoms with Gasteiger partial charge in [-0.15, -0.1) is 0 Å². The Morgan fingerprint density at radius 1 is 1.30 bits per heavy atom. The second kappa shape index (κ2) is 11.2. The molecule has 20 heavy (non-hydrogen) atoms. The Morgan fingerprint density at radius 2 is 2.15 bits per heavy atom. The minimum atomic E-state index is -0.121. The SMILES string of the molecule is CCCNCC(CCCSCC)Cc1cccc(F)c1. The molecule has 0 bridgehead atoms. The van der Waals surface area contributed by atoms with Gasteiger partial charge in [-0.1, -0.05) is 26.0 Å². The Balaban J connectivity index is 2.43. The highest BCUT2D eigenvalue weighted by Gasteiger charge is 2.10. The molecule has 1 atom stereocenters. The Hall–Kier alpha value is -0.540. The second-order valence-electron chi connectivity index (χ2n) is 5.24. The van der Waals surface area contributed by atoms with Gasteiger partial charge in [-0.2, -0.15) is 11.8 Å². The van der Waals surface area contributed by atoms with Crippen molar-refractivity contribution in [2.45, 2.75) is 39.5 Å². The maximum atomic E-state index is 13.3. The lowest BCUT2D eigenvalue weighted by Gasteiger charge is -2.17. The van der Waals surface area contributed by atoms with Gasteiger partial charge >= 0.3 is 0 Å². The Bertz CT molecular complexity index is 357. The first-order valence-corrected chi connectivity index (χ1v) is 8.94. The van der Waals surface area contributed by atoms with Gasteiger partial charge in [0.15, 0.2) is 0 Å². The lowest BCUT2D eigenvalue weighted by atomic mass is 9.95. The van der Waals surface area contributed by atoms with E-state index >= 15 is 0 Å². The third-order valence-electron chi connectivity index (χ3n) is 3.38. The molecule has 3 heteroatoms. The van der Waals surface area contributed by atoms with Gasteiger partial charge in [0.1, 0.15) is 5.82 Å². The molecule has 0 amide bonds. The van der Waals surface area contributed by atoms with E-state index in [9.17, 15) is 4.39 Å². The van der Waals surface area contributed by atoms with Crippen LogP contribution >= 0.6 is 11.8 Å². The van der Waals surface area contributed by atoms with Gasteiger partial charge in [0, 0.05) is 0 Å². The molecule has 0 aromatic heterocycles. The average Bonchev–Trinajstić information content (AvgIpc) is 2.43. The van der Waals surface area contributed by atoms with Crippen molar-refractivity contribution in [3.8, 4) is 0 Å². The van der Waals surface area contributed by atoms with Gasteiger partial charge in [0.2, 0.25) is 0 Å². The van der Waals surface area contributed by atoms with Crippen LogP contribution in [0.2, 0.25) is 0 Å². The van der Waals surface area contributed by atoms with Crippen LogP contribution in [-0.2, 0) is 6.42 Å². The Morgan fingerprint density at radius 3 is 2.85 bits per heavy atom. The molecule has 0 heterocycles. The highest BCUT2D eigenvalue weighted by atomic mass is 32.2. The fourth-order valence-corrected chi connectivity index (χ4v) is 3.03. The molecule has 1 N–H and O–H groups in total. The number of halogens is 1. The molecule has 0 fully saturated rings. The first-order chi connectivity index (χ1) is 9.76. The van der Waals surface area contributed by atoms with Crippen molar-refractivity contribution in [1.29, 1.82) is 0 Å². The normalized spacial score (nSPS) is 12.6. The van der Waals surface area contributed by atoms with Crippen LogP contribution in [0.4, 0.5) is 4.39 Å². The minimum absolute atomic E-state index is 0.121. The van der Waals surface area contributed by atoms with Gasteiger partial charge in [-0.05, 0) is 73.9 Å². The van der Waals surface area contributed by atoms with E-state index in [1.54, 1.807) is 6.07 Å². The van der Waals surface area contributed by atoms with Crippen LogP contribution in [0.25, 0.3) is 0 Å².